The third-order valence-electron chi connectivity index (χ3n) is 2.92. The highest BCUT2D eigenvalue weighted by atomic mass is 32.2. The Balaban J connectivity index is 2.63. The van der Waals surface area contributed by atoms with E-state index in [2.05, 4.69) is 9.88 Å². The van der Waals surface area contributed by atoms with Crippen molar-refractivity contribution in [1.82, 2.24) is 14.8 Å². The lowest BCUT2D eigenvalue weighted by Gasteiger charge is -2.20. The minimum atomic E-state index is -3.70. The Hall–Kier alpha value is -1.45. The lowest BCUT2D eigenvalue weighted by atomic mass is 10.4. The second-order valence-electron chi connectivity index (χ2n) is 4.55. The van der Waals surface area contributed by atoms with E-state index in [-0.39, 0.29) is 29.7 Å². The van der Waals surface area contributed by atoms with Gasteiger partial charge in [-0.05, 0) is 13.8 Å². The minimum Gasteiger partial charge on any atom is -0.383 e. The van der Waals surface area contributed by atoms with Crippen molar-refractivity contribution in [3.63, 3.8) is 0 Å². The Morgan fingerprint density at radius 1 is 1.38 bits per heavy atom. The number of carbonyl (C=O) groups excluding carboxylic acids is 1. The normalized spacial score (nSPS) is 11.6. The van der Waals surface area contributed by atoms with Gasteiger partial charge in [0.15, 0.2) is 5.76 Å². The van der Waals surface area contributed by atoms with E-state index in [0.717, 1.165) is 0 Å². The van der Waals surface area contributed by atoms with Gasteiger partial charge in [0.25, 0.3) is 0 Å². The molecule has 0 atom stereocenters. The molecule has 0 saturated heterocycles. The maximum absolute atomic E-state index is 12.2. The molecule has 0 bridgehead atoms. The number of rotatable bonds is 8. The molecule has 0 aliphatic rings. The first kappa shape index (κ1) is 17.6. The Labute approximate surface area is 124 Å². The van der Waals surface area contributed by atoms with Crippen LogP contribution >= 0.6 is 0 Å². The van der Waals surface area contributed by atoms with Gasteiger partial charge in [0.1, 0.15) is 10.6 Å². The number of sulfonamides is 1. The van der Waals surface area contributed by atoms with Crippen LogP contribution in [-0.2, 0) is 19.6 Å². The van der Waals surface area contributed by atoms with Crippen molar-refractivity contribution in [2.75, 3.05) is 33.4 Å². The zero-order chi connectivity index (χ0) is 16.0. The van der Waals surface area contributed by atoms with Gasteiger partial charge in [-0.25, -0.2) is 13.1 Å². The van der Waals surface area contributed by atoms with Crippen LogP contribution in [0.2, 0.25) is 0 Å². The van der Waals surface area contributed by atoms with E-state index < -0.39 is 10.0 Å². The van der Waals surface area contributed by atoms with Crippen LogP contribution in [0.25, 0.3) is 0 Å². The van der Waals surface area contributed by atoms with Crippen molar-refractivity contribution in [1.29, 1.82) is 0 Å². The van der Waals surface area contributed by atoms with E-state index >= 15 is 0 Å². The van der Waals surface area contributed by atoms with E-state index in [1.807, 2.05) is 0 Å². The summed E-state index contributed by atoms with van der Waals surface area (Å²) in [5.74, 6) is 0.103. The average molecular weight is 319 g/mol. The van der Waals surface area contributed by atoms with E-state index in [0.29, 0.717) is 18.8 Å². The summed E-state index contributed by atoms with van der Waals surface area (Å²) in [5.41, 5.74) is 0.308. The van der Waals surface area contributed by atoms with Crippen molar-refractivity contribution >= 4 is 15.9 Å². The Morgan fingerprint density at radius 2 is 2.05 bits per heavy atom. The van der Waals surface area contributed by atoms with E-state index in [1.165, 1.54) is 18.7 Å². The summed E-state index contributed by atoms with van der Waals surface area (Å²) in [6.07, 6.45) is 0. The van der Waals surface area contributed by atoms with E-state index in [4.69, 9.17) is 9.26 Å². The monoisotopic (exact) mass is 319 g/mol. The van der Waals surface area contributed by atoms with Gasteiger partial charge >= 0.3 is 0 Å². The summed E-state index contributed by atoms with van der Waals surface area (Å²) < 4.78 is 36.5. The zero-order valence-corrected chi connectivity index (χ0v) is 13.5. The molecule has 1 aromatic heterocycles. The van der Waals surface area contributed by atoms with Gasteiger partial charge in [0, 0.05) is 33.7 Å². The van der Waals surface area contributed by atoms with Crippen LogP contribution in [0.4, 0.5) is 0 Å². The number of hydrogen-bond acceptors (Lipinski definition) is 6. The predicted octanol–water partition coefficient (Wildman–Crippen LogP) is 0.0646. The summed E-state index contributed by atoms with van der Waals surface area (Å²) >= 11 is 0. The van der Waals surface area contributed by atoms with Crippen LogP contribution in [0.15, 0.2) is 9.42 Å². The van der Waals surface area contributed by atoms with E-state index in [9.17, 15) is 13.2 Å². The lowest BCUT2D eigenvalue weighted by molar-refractivity contribution is -0.129. The van der Waals surface area contributed by atoms with Crippen LogP contribution in [-0.4, -0.2) is 57.7 Å². The van der Waals surface area contributed by atoms with Gasteiger partial charge in [-0.1, -0.05) is 5.16 Å². The molecule has 0 saturated carbocycles. The van der Waals surface area contributed by atoms with Crippen molar-refractivity contribution in [3.8, 4) is 0 Å². The van der Waals surface area contributed by atoms with Gasteiger partial charge in [0.2, 0.25) is 15.9 Å². The number of aromatic nitrogens is 1. The summed E-state index contributed by atoms with van der Waals surface area (Å²) in [7, 11) is -2.16. The first-order valence-electron chi connectivity index (χ1n) is 6.46. The van der Waals surface area contributed by atoms with Crippen molar-refractivity contribution in [2.24, 2.45) is 0 Å². The highest BCUT2D eigenvalue weighted by Crippen LogP contribution is 2.18. The number of carbonyl (C=O) groups is 1. The fraction of sp³-hybridized carbons (Fsp3) is 0.667. The van der Waals surface area contributed by atoms with Crippen molar-refractivity contribution in [2.45, 2.75) is 25.7 Å². The number of amides is 1. The molecule has 0 aliphatic carbocycles. The van der Waals surface area contributed by atoms with Crippen LogP contribution in [0.1, 0.15) is 18.4 Å². The smallest absolute Gasteiger partial charge is 0.246 e. The molecule has 0 aliphatic heterocycles. The third kappa shape index (κ3) is 4.80. The van der Waals surface area contributed by atoms with Crippen LogP contribution in [0.3, 0.4) is 0 Å². The highest BCUT2D eigenvalue weighted by molar-refractivity contribution is 7.89. The predicted molar refractivity (Wildman–Crippen MR) is 75.3 cm³/mol. The molecular weight excluding hydrogens is 298 g/mol. The van der Waals surface area contributed by atoms with Gasteiger partial charge in [-0.3, -0.25) is 4.79 Å². The molecule has 1 rings (SSSR count). The number of hydrogen-bond donors (Lipinski definition) is 1. The second-order valence-corrected chi connectivity index (χ2v) is 6.25. The standard InChI is InChI=1S/C12H21N3O5S/c1-9-12(10(2)20-14-9)21(17,18)13-5-6-15(11(3)16)7-8-19-4/h13H,5-8H2,1-4H3. The molecule has 120 valence electrons. The molecule has 1 aromatic rings. The summed E-state index contributed by atoms with van der Waals surface area (Å²) in [5, 5.41) is 3.62. The first-order valence-corrected chi connectivity index (χ1v) is 7.95. The third-order valence-corrected chi connectivity index (χ3v) is 4.63. The summed E-state index contributed by atoms with van der Waals surface area (Å²) in [6, 6.07) is 0. The Morgan fingerprint density at radius 3 is 2.52 bits per heavy atom. The lowest BCUT2D eigenvalue weighted by Crippen LogP contribution is -2.39. The molecule has 1 heterocycles. The van der Waals surface area contributed by atoms with Crippen LogP contribution < -0.4 is 4.72 Å². The van der Waals surface area contributed by atoms with Gasteiger partial charge < -0.3 is 14.2 Å². The number of nitrogens with one attached hydrogen (secondary N) is 1. The Bertz CT molecular complexity index is 562. The van der Waals surface area contributed by atoms with Crippen molar-refractivity contribution in [3.05, 3.63) is 11.5 Å². The number of ether oxygens (including phenoxy) is 1. The summed E-state index contributed by atoms with van der Waals surface area (Å²) in [6.45, 7) is 5.71. The number of aryl methyl sites for hydroxylation is 2. The fourth-order valence-corrected chi connectivity index (χ4v) is 3.22. The van der Waals surface area contributed by atoms with Crippen molar-refractivity contribution < 1.29 is 22.5 Å². The average Bonchev–Trinajstić information content (AvgIpc) is 2.73. The van der Waals surface area contributed by atoms with Crippen LogP contribution in [0.5, 0.6) is 0 Å². The molecule has 0 radical (unpaired) electrons. The van der Waals surface area contributed by atoms with E-state index in [1.54, 1.807) is 14.0 Å². The maximum atomic E-state index is 12.2. The van der Waals surface area contributed by atoms with Gasteiger partial charge in [-0.2, -0.15) is 0 Å². The number of methoxy groups -OCH3 is 1. The molecule has 0 spiro atoms. The topological polar surface area (TPSA) is 102 Å². The summed E-state index contributed by atoms with van der Waals surface area (Å²) in [4.78, 5) is 13.0. The Kier molecular flexibility index (Phi) is 6.31. The van der Waals surface area contributed by atoms with Crippen LogP contribution in [0, 0.1) is 13.8 Å². The van der Waals surface area contributed by atoms with Gasteiger partial charge in [0.05, 0.1) is 6.61 Å². The van der Waals surface area contributed by atoms with Gasteiger partial charge in [-0.15, -0.1) is 0 Å². The SMILES string of the molecule is COCCN(CCNS(=O)(=O)c1c(C)noc1C)C(C)=O. The molecule has 0 fully saturated rings. The second kappa shape index (κ2) is 7.53. The quantitative estimate of drug-likeness (QED) is 0.727. The molecule has 0 unspecified atom stereocenters. The fourth-order valence-electron chi connectivity index (χ4n) is 1.87. The molecule has 8 nitrogen and oxygen atoms in total. The molecule has 1 amide bonds. The molecule has 21 heavy (non-hydrogen) atoms. The maximum Gasteiger partial charge on any atom is 0.246 e. The minimum absolute atomic E-state index is 0.0498. The molecule has 9 heteroatoms. The zero-order valence-electron chi connectivity index (χ0n) is 12.7. The molecular formula is C12H21N3O5S. The first-order chi connectivity index (χ1) is 9.79. The largest absolute Gasteiger partial charge is 0.383 e. The highest BCUT2D eigenvalue weighted by Gasteiger charge is 2.23. The molecule has 0 aromatic carbocycles. The molecule has 1 N–H and O–H groups in total. The number of nitrogens with zero attached hydrogens (tertiary/aromatic N) is 2.